The van der Waals surface area contributed by atoms with Crippen LogP contribution in [0.3, 0.4) is 0 Å². The van der Waals surface area contributed by atoms with Gasteiger partial charge in [0.25, 0.3) is 0 Å². The van der Waals surface area contributed by atoms with Crippen molar-refractivity contribution in [1.82, 2.24) is 0 Å². The highest BCUT2D eigenvalue weighted by Gasteiger charge is 2.31. The van der Waals surface area contributed by atoms with Crippen LogP contribution in [0.15, 0.2) is 0 Å². The van der Waals surface area contributed by atoms with Crippen LogP contribution < -0.4 is 0 Å². The summed E-state index contributed by atoms with van der Waals surface area (Å²) in [6.45, 7) is 0. The summed E-state index contributed by atoms with van der Waals surface area (Å²) in [6, 6.07) is 0. The molecule has 0 aliphatic heterocycles. The fourth-order valence-electron chi connectivity index (χ4n) is 1.38. The first-order chi connectivity index (χ1) is 5.29. The summed E-state index contributed by atoms with van der Waals surface area (Å²) in [5, 5.41) is 9.58. The highest BCUT2D eigenvalue weighted by molar-refractivity contribution is 4.78. The standard InChI is InChI=1S/C8H16O3/c1-10-8(11-2)7(9)6-4-3-5-6/h6-9H,3-5H2,1-2H3. The molecule has 0 bridgehead atoms. The van der Waals surface area contributed by atoms with Gasteiger partial charge in [0.05, 0.1) is 0 Å². The van der Waals surface area contributed by atoms with Gasteiger partial charge in [-0.05, 0) is 18.8 Å². The second-order valence-corrected chi connectivity index (χ2v) is 3.02. The summed E-state index contributed by atoms with van der Waals surface area (Å²) >= 11 is 0. The average molecular weight is 160 g/mol. The van der Waals surface area contributed by atoms with Gasteiger partial charge in [0.1, 0.15) is 6.10 Å². The van der Waals surface area contributed by atoms with E-state index in [-0.39, 0.29) is 0 Å². The molecule has 0 spiro atoms. The summed E-state index contributed by atoms with van der Waals surface area (Å²) in [7, 11) is 3.10. The number of rotatable bonds is 4. The van der Waals surface area contributed by atoms with Crippen molar-refractivity contribution in [2.75, 3.05) is 14.2 Å². The van der Waals surface area contributed by atoms with Gasteiger partial charge in [0, 0.05) is 14.2 Å². The lowest BCUT2D eigenvalue weighted by atomic mass is 9.81. The topological polar surface area (TPSA) is 38.7 Å². The van der Waals surface area contributed by atoms with Gasteiger partial charge < -0.3 is 14.6 Å². The lowest BCUT2D eigenvalue weighted by Crippen LogP contribution is -2.39. The third-order valence-electron chi connectivity index (χ3n) is 2.38. The Morgan fingerprint density at radius 2 is 1.82 bits per heavy atom. The Labute approximate surface area is 67.3 Å². The maximum absolute atomic E-state index is 9.58. The monoisotopic (exact) mass is 160 g/mol. The van der Waals surface area contributed by atoms with Gasteiger partial charge in [0.2, 0.25) is 0 Å². The van der Waals surface area contributed by atoms with Crippen LogP contribution in [0.5, 0.6) is 0 Å². The van der Waals surface area contributed by atoms with Gasteiger partial charge in [-0.3, -0.25) is 0 Å². The minimum absolute atomic E-state index is 0.389. The first-order valence-electron chi connectivity index (χ1n) is 4.03. The van der Waals surface area contributed by atoms with Gasteiger partial charge >= 0.3 is 0 Å². The van der Waals surface area contributed by atoms with Crippen LogP contribution in [0.1, 0.15) is 19.3 Å². The van der Waals surface area contributed by atoms with E-state index in [9.17, 15) is 5.11 Å². The van der Waals surface area contributed by atoms with Crippen LogP contribution in [-0.4, -0.2) is 31.7 Å². The molecule has 0 aromatic carbocycles. The molecule has 0 aromatic heterocycles. The third kappa shape index (κ3) is 1.92. The van der Waals surface area contributed by atoms with Crippen LogP contribution in [0.4, 0.5) is 0 Å². The first kappa shape index (κ1) is 8.97. The summed E-state index contributed by atoms with van der Waals surface area (Å²) in [6.07, 6.45) is 2.54. The van der Waals surface area contributed by atoms with Crippen molar-refractivity contribution in [3.63, 3.8) is 0 Å². The Balaban J connectivity index is 2.30. The van der Waals surface area contributed by atoms with Gasteiger partial charge in [-0.2, -0.15) is 0 Å². The van der Waals surface area contributed by atoms with Crippen LogP contribution in [0, 0.1) is 5.92 Å². The van der Waals surface area contributed by atoms with Crippen molar-refractivity contribution in [2.45, 2.75) is 31.7 Å². The molecule has 66 valence electrons. The van der Waals surface area contributed by atoms with Crippen molar-refractivity contribution in [3.8, 4) is 0 Å². The van der Waals surface area contributed by atoms with E-state index in [4.69, 9.17) is 9.47 Å². The van der Waals surface area contributed by atoms with Crippen LogP contribution in [0.25, 0.3) is 0 Å². The SMILES string of the molecule is COC(OC)C(O)C1CCC1. The summed E-state index contributed by atoms with van der Waals surface area (Å²) < 4.78 is 9.89. The van der Waals surface area contributed by atoms with Crippen molar-refractivity contribution < 1.29 is 14.6 Å². The number of hydrogen-bond donors (Lipinski definition) is 1. The zero-order valence-electron chi connectivity index (χ0n) is 7.12. The summed E-state index contributed by atoms with van der Waals surface area (Å²) in [5.74, 6) is 0.389. The zero-order chi connectivity index (χ0) is 8.27. The van der Waals surface area contributed by atoms with Crippen molar-refractivity contribution in [3.05, 3.63) is 0 Å². The van der Waals surface area contributed by atoms with E-state index >= 15 is 0 Å². The van der Waals surface area contributed by atoms with Gasteiger partial charge in [-0.25, -0.2) is 0 Å². The van der Waals surface area contributed by atoms with E-state index in [1.54, 1.807) is 14.2 Å². The molecule has 1 aliphatic rings. The quantitative estimate of drug-likeness (QED) is 0.617. The molecule has 1 rings (SSSR count). The van der Waals surface area contributed by atoms with Gasteiger partial charge in [0.15, 0.2) is 6.29 Å². The molecule has 1 atom stereocenters. The molecular weight excluding hydrogens is 144 g/mol. The van der Waals surface area contributed by atoms with Crippen LogP contribution in [-0.2, 0) is 9.47 Å². The molecule has 0 radical (unpaired) electrons. The molecular formula is C8H16O3. The smallest absolute Gasteiger partial charge is 0.182 e. The molecule has 1 unspecified atom stereocenters. The summed E-state index contributed by atoms with van der Waals surface area (Å²) in [5.41, 5.74) is 0. The molecule has 0 saturated heterocycles. The maximum atomic E-state index is 9.58. The van der Waals surface area contributed by atoms with E-state index in [1.807, 2.05) is 0 Å². The number of methoxy groups -OCH3 is 2. The Morgan fingerprint density at radius 1 is 1.27 bits per heavy atom. The fraction of sp³-hybridized carbons (Fsp3) is 1.00. The molecule has 11 heavy (non-hydrogen) atoms. The number of aliphatic hydroxyl groups is 1. The maximum Gasteiger partial charge on any atom is 0.182 e. The second-order valence-electron chi connectivity index (χ2n) is 3.02. The van der Waals surface area contributed by atoms with E-state index in [0.717, 1.165) is 12.8 Å². The van der Waals surface area contributed by atoms with E-state index < -0.39 is 12.4 Å². The Kier molecular flexibility index (Phi) is 3.30. The minimum atomic E-state index is -0.446. The normalized spacial score (nSPS) is 21.8. The van der Waals surface area contributed by atoms with Crippen LogP contribution in [0.2, 0.25) is 0 Å². The van der Waals surface area contributed by atoms with E-state index in [2.05, 4.69) is 0 Å². The highest BCUT2D eigenvalue weighted by Crippen LogP contribution is 2.31. The molecule has 0 aromatic rings. The molecule has 1 fully saturated rings. The largest absolute Gasteiger partial charge is 0.388 e. The fourth-order valence-corrected chi connectivity index (χ4v) is 1.38. The minimum Gasteiger partial charge on any atom is -0.388 e. The Hall–Kier alpha value is -0.120. The zero-order valence-corrected chi connectivity index (χ0v) is 7.12. The molecule has 1 saturated carbocycles. The van der Waals surface area contributed by atoms with E-state index in [1.165, 1.54) is 6.42 Å². The van der Waals surface area contributed by atoms with Crippen LogP contribution >= 0.6 is 0 Å². The first-order valence-corrected chi connectivity index (χ1v) is 4.03. The third-order valence-corrected chi connectivity index (χ3v) is 2.38. The van der Waals surface area contributed by atoms with Gasteiger partial charge in [-0.1, -0.05) is 6.42 Å². The molecule has 0 amide bonds. The summed E-state index contributed by atoms with van der Waals surface area (Å²) in [4.78, 5) is 0. The second kappa shape index (κ2) is 4.04. The van der Waals surface area contributed by atoms with Crippen molar-refractivity contribution in [1.29, 1.82) is 0 Å². The average Bonchev–Trinajstić information content (AvgIpc) is 1.86. The predicted octanol–water partition coefficient (Wildman–Crippen LogP) is 0.766. The lowest BCUT2D eigenvalue weighted by molar-refractivity contribution is -0.185. The lowest BCUT2D eigenvalue weighted by Gasteiger charge is -2.33. The number of aliphatic hydroxyl groups excluding tert-OH is 1. The number of ether oxygens (including phenoxy) is 2. The Morgan fingerprint density at radius 3 is 2.09 bits per heavy atom. The predicted molar refractivity (Wildman–Crippen MR) is 41.2 cm³/mol. The van der Waals surface area contributed by atoms with E-state index in [0.29, 0.717) is 5.92 Å². The molecule has 1 aliphatic carbocycles. The van der Waals surface area contributed by atoms with Gasteiger partial charge in [-0.15, -0.1) is 0 Å². The number of hydrogen-bond acceptors (Lipinski definition) is 3. The highest BCUT2D eigenvalue weighted by atomic mass is 16.7. The molecule has 3 heteroatoms. The Bertz CT molecular complexity index is 108. The molecule has 0 heterocycles. The van der Waals surface area contributed by atoms with Crippen molar-refractivity contribution >= 4 is 0 Å². The molecule has 1 N–H and O–H groups in total. The molecule has 3 nitrogen and oxygen atoms in total. The van der Waals surface area contributed by atoms with Crippen molar-refractivity contribution in [2.24, 2.45) is 5.92 Å².